The standard InChI is InChI=1S/C23H33NO4/c1-4-28-21-12-10-20(11-13-21)16-22(25)24(17-18(2)23(26)27-3)15-14-19-8-6-5-7-9-19/h8,10-13,18H,4-7,9,14-17H2,1-3H3. The van der Waals surface area contributed by atoms with Gasteiger partial charge in [0, 0.05) is 13.1 Å². The minimum Gasteiger partial charge on any atom is -0.494 e. The van der Waals surface area contributed by atoms with Crippen LogP contribution in [0.2, 0.25) is 0 Å². The first-order valence-electron chi connectivity index (χ1n) is 10.3. The molecule has 0 bridgehead atoms. The molecule has 1 amide bonds. The lowest BCUT2D eigenvalue weighted by Crippen LogP contribution is -2.39. The number of carbonyl (C=O) groups is 2. The summed E-state index contributed by atoms with van der Waals surface area (Å²) in [5.41, 5.74) is 2.37. The van der Waals surface area contributed by atoms with Gasteiger partial charge in [-0.1, -0.05) is 30.7 Å². The third-order valence-electron chi connectivity index (χ3n) is 5.13. The van der Waals surface area contributed by atoms with Crippen LogP contribution in [0.4, 0.5) is 0 Å². The molecule has 154 valence electrons. The summed E-state index contributed by atoms with van der Waals surface area (Å²) >= 11 is 0. The van der Waals surface area contributed by atoms with Gasteiger partial charge in [-0.05, 0) is 56.7 Å². The van der Waals surface area contributed by atoms with E-state index < -0.39 is 0 Å². The number of rotatable bonds is 10. The van der Waals surface area contributed by atoms with E-state index in [0.29, 0.717) is 26.1 Å². The van der Waals surface area contributed by atoms with Crippen molar-refractivity contribution in [2.75, 3.05) is 26.8 Å². The summed E-state index contributed by atoms with van der Waals surface area (Å²) < 4.78 is 10.3. The summed E-state index contributed by atoms with van der Waals surface area (Å²) in [5.74, 6) is 0.223. The van der Waals surface area contributed by atoms with E-state index in [1.165, 1.54) is 25.5 Å². The molecule has 0 radical (unpaired) electrons. The molecule has 0 saturated carbocycles. The molecular formula is C23H33NO4. The van der Waals surface area contributed by atoms with Gasteiger partial charge < -0.3 is 14.4 Å². The summed E-state index contributed by atoms with van der Waals surface area (Å²) in [6, 6.07) is 7.63. The fourth-order valence-corrected chi connectivity index (χ4v) is 3.49. The zero-order valence-electron chi connectivity index (χ0n) is 17.4. The van der Waals surface area contributed by atoms with Crippen molar-refractivity contribution in [3.05, 3.63) is 41.5 Å². The number of ether oxygens (including phenoxy) is 2. The van der Waals surface area contributed by atoms with Gasteiger partial charge >= 0.3 is 5.97 Å². The lowest BCUT2D eigenvalue weighted by atomic mass is 9.97. The number of methoxy groups -OCH3 is 1. The van der Waals surface area contributed by atoms with Gasteiger partial charge in [0.25, 0.3) is 0 Å². The van der Waals surface area contributed by atoms with Crippen molar-refractivity contribution in [3.63, 3.8) is 0 Å². The Morgan fingerprint density at radius 2 is 1.93 bits per heavy atom. The molecule has 1 aliphatic rings. The Morgan fingerprint density at radius 1 is 1.18 bits per heavy atom. The second-order valence-electron chi connectivity index (χ2n) is 7.38. The van der Waals surface area contributed by atoms with Crippen LogP contribution in [-0.2, 0) is 20.7 Å². The number of nitrogens with zero attached hydrogens (tertiary/aromatic N) is 1. The van der Waals surface area contributed by atoms with Crippen molar-refractivity contribution in [2.45, 2.75) is 52.4 Å². The first-order chi connectivity index (χ1) is 13.5. The van der Waals surface area contributed by atoms with Gasteiger partial charge in [0.15, 0.2) is 0 Å². The minimum atomic E-state index is -0.338. The quantitative estimate of drug-likeness (QED) is 0.447. The van der Waals surface area contributed by atoms with Crippen LogP contribution in [0.25, 0.3) is 0 Å². The average molecular weight is 388 g/mol. The molecular weight excluding hydrogens is 354 g/mol. The van der Waals surface area contributed by atoms with Crippen LogP contribution < -0.4 is 4.74 Å². The molecule has 2 rings (SSSR count). The molecule has 0 fully saturated rings. The fraction of sp³-hybridized carbons (Fsp3) is 0.565. The zero-order valence-corrected chi connectivity index (χ0v) is 17.4. The molecule has 0 saturated heterocycles. The van der Waals surface area contributed by atoms with Gasteiger partial charge in [-0.3, -0.25) is 9.59 Å². The summed E-state index contributed by atoms with van der Waals surface area (Å²) in [6.45, 7) is 5.40. The number of amides is 1. The maximum absolute atomic E-state index is 13.0. The monoisotopic (exact) mass is 387 g/mol. The van der Waals surface area contributed by atoms with Crippen molar-refractivity contribution in [1.29, 1.82) is 0 Å². The molecule has 1 atom stereocenters. The molecule has 1 aromatic rings. The van der Waals surface area contributed by atoms with Crippen LogP contribution in [0.1, 0.15) is 51.5 Å². The molecule has 0 spiro atoms. The van der Waals surface area contributed by atoms with Gasteiger partial charge in [-0.25, -0.2) is 0 Å². The summed E-state index contributed by atoms with van der Waals surface area (Å²) in [6.07, 6.45) is 8.24. The number of esters is 1. The van der Waals surface area contributed by atoms with Crippen molar-refractivity contribution < 1.29 is 19.1 Å². The van der Waals surface area contributed by atoms with Crippen molar-refractivity contribution >= 4 is 11.9 Å². The van der Waals surface area contributed by atoms with E-state index >= 15 is 0 Å². The largest absolute Gasteiger partial charge is 0.494 e. The van der Waals surface area contributed by atoms with E-state index in [1.54, 1.807) is 0 Å². The first kappa shape index (κ1) is 22.0. The SMILES string of the molecule is CCOc1ccc(CC(=O)N(CCC2=CCCCC2)CC(C)C(=O)OC)cc1. The Morgan fingerprint density at radius 3 is 2.54 bits per heavy atom. The first-order valence-corrected chi connectivity index (χ1v) is 10.3. The highest BCUT2D eigenvalue weighted by Gasteiger charge is 2.22. The van der Waals surface area contributed by atoms with E-state index in [-0.39, 0.29) is 17.8 Å². The number of hydrogen-bond donors (Lipinski definition) is 0. The lowest BCUT2D eigenvalue weighted by molar-refractivity contribution is -0.146. The smallest absolute Gasteiger partial charge is 0.310 e. The summed E-state index contributed by atoms with van der Waals surface area (Å²) in [4.78, 5) is 26.6. The Hall–Kier alpha value is -2.30. The average Bonchev–Trinajstić information content (AvgIpc) is 2.72. The second kappa shape index (κ2) is 11.5. The van der Waals surface area contributed by atoms with Crippen molar-refractivity contribution in [3.8, 4) is 5.75 Å². The van der Waals surface area contributed by atoms with E-state index in [9.17, 15) is 9.59 Å². The normalized spacial score (nSPS) is 14.8. The van der Waals surface area contributed by atoms with Gasteiger partial charge in [0.2, 0.25) is 5.91 Å². The molecule has 0 N–H and O–H groups in total. The summed E-state index contributed by atoms with van der Waals surface area (Å²) in [5, 5.41) is 0. The number of benzene rings is 1. The molecule has 1 unspecified atom stereocenters. The van der Waals surface area contributed by atoms with Crippen LogP contribution in [0.15, 0.2) is 35.9 Å². The molecule has 0 aliphatic heterocycles. The summed E-state index contributed by atoms with van der Waals surface area (Å²) in [7, 11) is 1.39. The third kappa shape index (κ3) is 7.02. The zero-order chi connectivity index (χ0) is 20.4. The minimum absolute atomic E-state index is 0.0383. The number of allylic oxidation sites excluding steroid dienone is 1. The third-order valence-corrected chi connectivity index (χ3v) is 5.13. The van der Waals surface area contributed by atoms with Crippen LogP contribution >= 0.6 is 0 Å². The van der Waals surface area contributed by atoms with Crippen molar-refractivity contribution in [1.82, 2.24) is 4.90 Å². The van der Waals surface area contributed by atoms with Gasteiger partial charge in [0.1, 0.15) is 5.75 Å². The number of hydrogen-bond acceptors (Lipinski definition) is 4. The van der Waals surface area contributed by atoms with Gasteiger partial charge in [-0.15, -0.1) is 0 Å². The van der Waals surface area contributed by atoms with Crippen LogP contribution in [0.5, 0.6) is 5.75 Å². The van der Waals surface area contributed by atoms with E-state index in [4.69, 9.17) is 9.47 Å². The maximum Gasteiger partial charge on any atom is 0.310 e. The van der Waals surface area contributed by atoms with Gasteiger partial charge in [-0.2, -0.15) is 0 Å². The highest BCUT2D eigenvalue weighted by Crippen LogP contribution is 2.21. The van der Waals surface area contributed by atoms with Crippen LogP contribution in [0.3, 0.4) is 0 Å². The highest BCUT2D eigenvalue weighted by molar-refractivity contribution is 5.80. The Balaban J connectivity index is 2.01. The molecule has 5 nitrogen and oxygen atoms in total. The highest BCUT2D eigenvalue weighted by atomic mass is 16.5. The molecule has 0 aromatic heterocycles. The predicted molar refractivity (Wildman–Crippen MR) is 110 cm³/mol. The van der Waals surface area contributed by atoms with E-state index in [0.717, 1.165) is 30.6 Å². The lowest BCUT2D eigenvalue weighted by Gasteiger charge is -2.26. The Kier molecular flexibility index (Phi) is 9.05. The van der Waals surface area contributed by atoms with Crippen LogP contribution in [0, 0.1) is 5.92 Å². The molecule has 0 heterocycles. The molecule has 1 aromatic carbocycles. The topological polar surface area (TPSA) is 55.8 Å². The van der Waals surface area contributed by atoms with E-state index in [2.05, 4.69) is 6.08 Å². The van der Waals surface area contributed by atoms with Crippen LogP contribution in [-0.4, -0.2) is 43.6 Å². The predicted octanol–water partition coefficient (Wildman–Crippen LogP) is 4.16. The second-order valence-corrected chi connectivity index (χ2v) is 7.38. The maximum atomic E-state index is 13.0. The van der Waals surface area contributed by atoms with E-state index in [1.807, 2.05) is 43.0 Å². The molecule has 5 heteroatoms. The van der Waals surface area contributed by atoms with Crippen molar-refractivity contribution in [2.24, 2.45) is 5.92 Å². The molecule has 1 aliphatic carbocycles. The fourth-order valence-electron chi connectivity index (χ4n) is 3.49. The molecule has 28 heavy (non-hydrogen) atoms. The number of carbonyl (C=O) groups excluding carboxylic acids is 2. The van der Waals surface area contributed by atoms with Gasteiger partial charge in [0.05, 0.1) is 26.1 Å². The Labute approximate surface area is 168 Å². The Bertz CT molecular complexity index is 666.